The predicted octanol–water partition coefficient (Wildman–Crippen LogP) is 4.25. The van der Waals surface area contributed by atoms with Crippen LogP contribution in [0.15, 0.2) is 71.6 Å². The molecule has 0 bridgehead atoms. The molecule has 0 aliphatic heterocycles. The number of hydrogen-bond acceptors (Lipinski definition) is 6. The lowest BCUT2D eigenvalue weighted by molar-refractivity contribution is 0.102. The molecule has 0 atom stereocenters. The Morgan fingerprint density at radius 3 is 2.24 bits per heavy atom. The second-order valence-electron chi connectivity index (χ2n) is 8.54. The Labute approximate surface area is 222 Å². The molecule has 12 heteroatoms. The van der Waals surface area contributed by atoms with Crippen LogP contribution in [0.2, 0.25) is 5.02 Å². The van der Waals surface area contributed by atoms with Crippen LogP contribution in [-0.4, -0.2) is 42.2 Å². The molecule has 3 aromatic rings. The number of carbonyl (C=O) groups excluding carboxylic acids is 1. The molecule has 0 fully saturated rings. The zero-order valence-electron chi connectivity index (χ0n) is 20.7. The highest BCUT2D eigenvalue weighted by Gasteiger charge is 2.20. The lowest BCUT2D eigenvalue weighted by Gasteiger charge is -2.23. The van der Waals surface area contributed by atoms with E-state index < -0.39 is 26.0 Å². The fourth-order valence-corrected chi connectivity index (χ4v) is 5.82. The van der Waals surface area contributed by atoms with Gasteiger partial charge in [-0.3, -0.25) is 9.10 Å². The van der Waals surface area contributed by atoms with Crippen molar-refractivity contribution in [3.05, 3.63) is 82.9 Å². The SMILES string of the molecule is COc1ccc(S(=O)(=O)NC(C)C)cc1NC(=O)c1ccc(CN(c2cccc(Cl)c2)S(C)(=O)=O)cc1. The zero-order valence-corrected chi connectivity index (χ0v) is 23.1. The van der Waals surface area contributed by atoms with E-state index in [0.717, 1.165) is 6.26 Å². The van der Waals surface area contributed by atoms with Crippen LogP contribution < -0.4 is 19.1 Å². The number of hydrogen-bond donors (Lipinski definition) is 2. The van der Waals surface area contributed by atoms with Gasteiger partial charge in [-0.2, -0.15) is 0 Å². The lowest BCUT2D eigenvalue weighted by atomic mass is 10.1. The van der Waals surface area contributed by atoms with Crippen molar-refractivity contribution in [2.45, 2.75) is 31.3 Å². The van der Waals surface area contributed by atoms with Gasteiger partial charge in [-0.05, 0) is 67.9 Å². The van der Waals surface area contributed by atoms with Crippen molar-refractivity contribution in [2.24, 2.45) is 0 Å². The van der Waals surface area contributed by atoms with Crippen LogP contribution in [0, 0.1) is 0 Å². The van der Waals surface area contributed by atoms with Crippen LogP contribution in [0.5, 0.6) is 5.75 Å². The number of methoxy groups -OCH3 is 1. The second kappa shape index (κ2) is 11.5. The van der Waals surface area contributed by atoms with Crippen molar-refractivity contribution in [1.29, 1.82) is 0 Å². The summed E-state index contributed by atoms with van der Waals surface area (Å²) >= 11 is 6.03. The standard InChI is InChI=1S/C25H28ClN3O6S2/c1-17(2)28-37(33,34)22-12-13-24(35-3)23(15-22)27-25(30)19-10-8-18(9-11-19)16-29(36(4,31)32)21-7-5-6-20(26)14-21/h5-15,17,28H,16H2,1-4H3,(H,27,30). The third-order valence-corrected chi connectivity index (χ3v) is 8.19. The molecule has 198 valence electrons. The Morgan fingerprint density at radius 1 is 1.00 bits per heavy atom. The van der Waals surface area contributed by atoms with Gasteiger partial charge in [0.2, 0.25) is 20.0 Å². The first-order chi connectivity index (χ1) is 17.3. The number of nitrogens with one attached hydrogen (secondary N) is 2. The zero-order chi connectivity index (χ0) is 27.4. The molecule has 3 aromatic carbocycles. The molecule has 0 aliphatic carbocycles. The predicted molar refractivity (Wildman–Crippen MR) is 145 cm³/mol. The number of amides is 1. The number of benzene rings is 3. The summed E-state index contributed by atoms with van der Waals surface area (Å²) in [7, 11) is -5.98. The summed E-state index contributed by atoms with van der Waals surface area (Å²) in [6.07, 6.45) is 1.11. The summed E-state index contributed by atoms with van der Waals surface area (Å²) in [4.78, 5) is 12.9. The molecular weight excluding hydrogens is 538 g/mol. The van der Waals surface area contributed by atoms with Crippen LogP contribution in [0.3, 0.4) is 0 Å². The number of carbonyl (C=O) groups is 1. The third kappa shape index (κ3) is 7.45. The average Bonchev–Trinajstić information content (AvgIpc) is 2.81. The molecule has 0 radical (unpaired) electrons. The van der Waals surface area contributed by atoms with E-state index >= 15 is 0 Å². The largest absolute Gasteiger partial charge is 0.495 e. The number of halogens is 1. The molecular formula is C25H28ClN3O6S2. The Bertz CT molecular complexity index is 1490. The molecule has 9 nitrogen and oxygen atoms in total. The summed E-state index contributed by atoms with van der Waals surface area (Å²) in [5.41, 5.74) is 1.54. The number of ether oxygens (including phenoxy) is 1. The van der Waals surface area contributed by atoms with Crippen molar-refractivity contribution in [3.8, 4) is 5.75 Å². The first-order valence-electron chi connectivity index (χ1n) is 11.1. The van der Waals surface area contributed by atoms with E-state index in [1.807, 2.05) is 0 Å². The quantitative estimate of drug-likeness (QED) is 0.379. The van der Waals surface area contributed by atoms with E-state index in [1.165, 1.54) is 29.6 Å². The Morgan fingerprint density at radius 2 is 1.68 bits per heavy atom. The van der Waals surface area contributed by atoms with Gasteiger partial charge in [-0.15, -0.1) is 0 Å². The van der Waals surface area contributed by atoms with Gasteiger partial charge >= 0.3 is 0 Å². The van der Waals surface area contributed by atoms with Gasteiger partial charge in [0.15, 0.2) is 0 Å². The van der Waals surface area contributed by atoms with E-state index in [-0.39, 0.29) is 28.7 Å². The van der Waals surface area contributed by atoms with E-state index in [4.69, 9.17) is 16.3 Å². The van der Waals surface area contributed by atoms with Crippen molar-refractivity contribution < 1.29 is 26.4 Å². The molecule has 3 rings (SSSR count). The van der Waals surface area contributed by atoms with Gasteiger partial charge < -0.3 is 10.1 Å². The summed E-state index contributed by atoms with van der Waals surface area (Å²) in [6, 6.07) is 16.8. The van der Waals surface area contributed by atoms with E-state index in [9.17, 15) is 21.6 Å². The summed E-state index contributed by atoms with van der Waals surface area (Å²) < 4.78 is 58.9. The van der Waals surface area contributed by atoms with Crippen LogP contribution in [-0.2, 0) is 26.6 Å². The van der Waals surface area contributed by atoms with Gasteiger partial charge in [-0.1, -0.05) is 29.8 Å². The number of sulfonamides is 2. The van der Waals surface area contributed by atoms with Crippen molar-refractivity contribution >= 4 is 48.9 Å². The highest BCUT2D eigenvalue weighted by atomic mass is 35.5. The smallest absolute Gasteiger partial charge is 0.255 e. The fourth-order valence-electron chi connectivity index (χ4n) is 3.48. The Hall–Kier alpha value is -3.12. The maximum absolute atomic E-state index is 12.9. The van der Waals surface area contributed by atoms with Crippen LogP contribution >= 0.6 is 11.6 Å². The first-order valence-corrected chi connectivity index (χ1v) is 14.8. The number of rotatable bonds is 10. The highest BCUT2D eigenvalue weighted by Crippen LogP contribution is 2.28. The number of nitrogens with zero attached hydrogens (tertiary/aromatic N) is 1. The molecule has 2 N–H and O–H groups in total. The molecule has 0 heterocycles. The van der Waals surface area contributed by atoms with Crippen molar-refractivity contribution in [2.75, 3.05) is 23.0 Å². The maximum Gasteiger partial charge on any atom is 0.255 e. The normalized spacial score (nSPS) is 11.8. The molecule has 0 aromatic heterocycles. The minimum atomic E-state index is -3.78. The average molecular weight is 566 g/mol. The summed E-state index contributed by atoms with van der Waals surface area (Å²) in [5, 5.41) is 3.09. The van der Waals surface area contributed by atoms with Crippen LogP contribution in [0.1, 0.15) is 29.8 Å². The molecule has 0 saturated carbocycles. The summed E-state index contributed by atoms with van der Waals surface area (Å²) in [5.74, 6) is -0.204. The van der Waals surface area contributed by atoms with Gasteiger partial charge in [0.05, 0.1) is 36.2 Å². The van der Waals surface area contributed by atoms with E-state index in [0.29, 0.717) is 22.0 Å². The minimum absolute atomic E-state index is 0.0190. The highest BCUT2D eigenvalue weighted by molar-refractivity contribution is 7.92. The van der Waals surface area contributed by atoms with E-state index in [1.54, 1.807) is 62.4 Å². The van der Waals surface area contributed by atoms with Crippen LogP contribution in [0.25, 0.3) is 0 Å². The monoisotopic (exact) mass is 565 g/mol. The topological polar surface area (TPSA) is 122 Å². The van der Waals surface area contributed by atoms with Crippen molar-refractivity contribution in [1.82, 2.24) is 4.72 Å². The lowest BCUT2D eigenvalue weighted by Crippen LogP contribution is -2.30. The molecule has 0 aliphatic rings. The minimum Gasteiger partial charge on any atom is -0.495 e. The second-order valence-corrected chi connectivity index (χ2v) is 12.6. The molecule has 0 spiro atoms. The van der Waals surface area contributed by atoms with Gasteiger partial charge in [0, 0.05) is 16.6 Å². The Balaban J connectivity index is 1.82. The number of anilines is 2. The van der Waals surface area contributed by atoms with Gasteiger partial charge in [-0.25, -0.2) is 21.6 Å². The molecule has 1 amide bonds. The summed E-state index contributed by atoms with van der Waals surface area (Å²) in [6.45, 7) is 3.45. The first kappa shape index (κ1) is 28.5. The van der Waals surface area contributed by atoms with Crippen LogP contribution in [0.4, 0.5) is 11.4 Å². The fraction of sp³-hybridized carbons (Fsp3) is 0.240. The maximum atomic E-state index is 12.9. The van der Waals surface area contributed by atoms with Gasteiger partial charge in [0.1, 0.15) is 5.75 Å². The van der Waals surface area contributed by atoms with E-state index in [2.05, 4.69) is 10.0 Å². The Kier molecular flexibility index (Phi) is 8.85. The third-order valence-electron chi connectivity index (χ3n) is 5.16. The molecule has 37 heavy (non-hydrogen) atoms. The molecule has 0 unspecified atom stereocenters. The molecule has 0 saturated heterocycles. The van der Waals surface area contributed by atoms with Crippen molar-refractivity contribution in [3.63, 3.8) is 0 Å². The van der Waals surface area contributed by atoms with Gasteiger partial charge in [0.25, 0.3) is 5.91 Å².